The van der Waals surface area contributed by atoms with Gasteiger partial charge in [0.15, 0.2) is 5.13 Å². The second-order valence-corrected chi connectivity index (χ2v) is 5.60. The van der Waals surface area contributed by atoms with Crippen molar-refractivity contribution in [1.82, 2.24) is 9.88 Å². The summed E-state index contributed by atoms with van der Waals surface area (Å²) in [7, 11) is 4.10. The normalized spacial score (nSPS) is 11.1. The first-order valence-electron chi connectivity index (χ1n) is 4.60. The number of aromatic nitrogens is 1. The van der Waals surface area contributed by atoms with Gasteiger partial charge in [0.2, 0.25) is 0 Å². The molecule has 3 nitrogen and oxygen atoms in total. The predicted molar refractivity (Wildman–Crippen MR) is 67.2 cm³/mol. The zero-order valence-corrected chi connectivity index (χ0v) is 10.4. The third-order valence-electron chi connectivity index (χ3n) is 1.93. The Bertz CT molecular complexity index is 431. The Morgan fingerprint density at radius 1 is 1.47 bits per heavy atom. The van der Waals surface area contributed by atoms with Gasteiger partial charge in [-0.05, 0) is 25.5 Å². The monoisotopic (exact) mass is 239 g/mol. The SMILES string of the molecule is CN(C)Cc1sc(N)nc1-c1cccs1. The van der Waals surface area contributed by atoms with Gasteiger partial charge >= 0.3 is 0 Å². The molecular weight excluding hydrogens is 226 g/mol. The molecule has 0 aliphatic rings. The summed E-state index contributed by atoms with van der Waals surface area (Å²) in [5, 5.41) is 2.71. The van der Waals surface area contributed by atoms with E-state index < -0.39 is 0 Å². The average Bonchev–Trinajstić information content (AvgIpc) is 2.72. The molecule has 80 valence electrons. The Hall–Kier alpha value is -0.910. The fourth-order valence-corrected chi connectivity index (χ4v) is 3.14. The topological polar surface area (TPSA) is 42.1 Å². The molecule has 0 fully saturated rings. The van der Waals surface area contributed by atoms with Gasteiger partial charge in [0.1, 0.15) is 0 Å². The summed E-state index contributed by atoms with van der Waals surface area (Å²) in [5.41, 5.74) is 6.80. The van der Waals surface area contributed by atoms with Gasteiger partial charge in [-0.3, -0.25) is 0 Å². The molecule has 0 aliphatic heterocycles. The molecule has 5 heteroatoms. The quantitative estimate of drug-likeness (QED) is 0.895. The van der Waals surface area contributed by atoms with Crippen LogP contribution in [-0.4, -0.2) is 24.0 Å². The summed E-state index contributed by atoms with van der Waals surface area (Å²) in [6.07, 6.45) is 0. The van der Waals surface area contributed by atoms with Crippen LogP contribution in [0.2, 0.25) is 0 Å². The minimum Gasteiger partial charge on any atom is -0.375 e. The van der Waals surface area contributed by atoms with Gasteiger partial charge in [0.25, 0.3) is 0 Å². The third-order valence-corrected chi connectivity index (χ3v) is 3.67. The lowest BCUT2D eigenvalue weighted by atomic mass is 10.3. The highest BCUT2D eigenvalue weighted by Gasteiger charge is 2.12. The molecule has 2 rings (SSSR count). The van der Waals surface area contributed by atoms with Crippen molar-refractivity contribution in [2.24, 2.45) is 0 Å². The average molecular weight is 239 g/mol. The number of thiazole rings is 1. The molecule has 0 aliphatic carbocycles. The van der Waals surface area contributed by atoms with E-state index in [1.807, 2.05) is 20.2 Å². The molecule has 2 aromatic rings. The first-order valence-corrected chi connectivity index (χ1v) is 6.30. The highest BCUT2D eigenvalue weighted by atomic mass is 32.1. The van der Waals surface area contributed by atoms with E-state index in [4.69, 9.17) is 5.73 Å². The first kappa shape index (κ1) is 10.6. The second-order valence-electron chi connectivity index (χ2n) is 3.54. The smallest absolute Gasteiger partial charge is 0.180 e. The van der Waals surface area contributed by atoms with E-state index in [9.17, 15) is 0 Å². The number of nitrogen functional groups attached to an aromatic ring is 1. The van der Waals surface area contributed by atoms with Gasteiger partial charge in [-0.1, -0.05) is 6.07 Å². The van der Waals surface area contributed by atoms with Crippen molar-refractivity contribution < 1.29 is 0 Å². The van der Waals surface area contributed by atoms with E-state index in [2.05, 4.69) is 21.3 Å². The van der Waals surface area contributed by atoms with Gasteiger partial charge < -0.3 is 10.6 Å². The van der Waals surface area contributed by atoms with Crippen LogP contribution in [0.15, 0.2) is 17.5 Å². The van der Waals surface area contributed by atoms with Crippen LogP contribution in [0.3, 0.4) is 0 Å². The molecule has 2 heterocycles. The Morgan fingerprint density at radius 2 is 2.27 bits per heavy atom. The summed E-state index contributed by atoms with van der Waals surface area (Å²) in [6.45, 7) is 0.891. The van der Waals surface area contributed by atoms with Crippen LogP contribution in [-0.2, 0) is 6.54 Å². The maximum Gasteiger partial charge on any atom is 0.180 e. The molecule has 0 saturated carbocycles. The Balaban J connectivity index is 2.38. The van der Waals surface area contributed by atoms with E-state index in [1.54, 1.807) is 22.7 Å². The highest BCUT2D eigenvalue weighted by Crippen LogP contribution is 2.32. The molecule has 0 radical (unpaired) electrons. The van der Waals surface area contributed by atoms with Gasteiger partial charge in [-0.25, -0.2) is 4.98 Å². The summed E-state index contributed by atoms with van der Waals surface area (Å²) < 4.78 is 0. The van der Waals surface area contributed by atoms with Gasteiger partial charge in [-0.15, -0.1) is 22.7 Å². The van der Waals surface area contributed by atoms with Crippen molar-refractivity contribution in [3.05, 3.63) is 22.4 Å². The molecule has 0 atom stereocenters. The number of hydrogen-bond acceptors (Lipinski definition) is 5. The van der Waals surface area contributed by atoms with Crippen LogP contribution in [0.4, 0.5) is 5.13 Å². The third kappa shape index (κ3) is 2.37. The molecule has 0 bridgehead atoms. The fourth-order valence-electron chi connectivity index (χ4n) is 1.37. The summed E-state index contributed by atoms with van der Waals surface area (Å²) in [6, 6.07) is 4.12. The minimum atomic E-state index is 0.648. The molecule has 2 N–H and O–H groups in total. The number of nitrogens with two attached hydrogens (primary N) is 1. The minimum absolute atomic E-state index is 0.648. The molecule has 0 unspecified atom stereocenters. The van der Waals surface area contributed by atoms with Gasteiger partial charge in [0.05, 0.1) is 10.6 Å². The second kappa shape index (κ2) is 4.30. The maximum atomic E-state index is 5.75. The van der Waals surface area contributed by atoms with Crippen molar-refractivity contribution >= 4 is 27.8 Å². The van der Waals surface area contributed by atoms with E-state index in [0.717, 1.165) is 12.2 Å². The molecule has 2 aromatic heterocycles. The van der Waals surface area contributed by atoms with Crippen molar-refractivity contribution in [3.63, 3.8) is 0 Å². The molecule has 0 spiro atoms. The van der Waals surface area contributed by atoms with E-state index >= 15 is 0 Å². The number of anilines is 1. The zero-order valence-electron chi connectivity index (χ0n) is 8.73. The number of hydrogen-bond donors (Lipinski definition) is 1. The van der Waals surface area contributed by atoms with Crippen LogP contribution in [0.25, 0.3) is 10.6 Å². The first-order chi connectivity index (χ1) is 7.16. The maximum absolute atomic E-state index is 5.75. The van der Waals surface area contributed by atoms with E-state index in [0.29, 0.717) is 5.13 Å². The van der Waals surface area contributed by atoms with Crippen molar-refractivity contribution in [2.45, 2.75) is 6.54 Å². The van der Waals surface area contributed by atoms with Crippen LogP contribution in [0.1, 0.15) is 4.88 Å². The number of rotatable bonds is 3. The zero-order chi connectivity index (χ0) is 10.8. The van der Waals surface area contributed by atoms with Crippen molar-refractivity contribution in [1.29, 1.82) is 0 Å². The van der Waals surface area contributed by atoms with Crippen LogP contribution < -0.4 is 5.73 Å². The number of thiophene rings is 1. The van der Waals surface area contributed by atoms with Crippen LogP contribution in [0.5, 0.6) is 0 Å². The van der Waals surface area contributed by atoms with Crippen molar-refractivity contribution in [2.75, 3.05) is 19.8 Å². The summed E-state index contributed by atoms with van der Waals surface area (Å²) in [4.78, 5) is 8.95. The number of nitrogens with zero attached hydrogens (tertiary/aromatic N) is 2. The predicted octanol–water partition coefficient (Wildman–Crippen LogP) is 2.52. The molecule has 0 aromatic carbocycles. The molecule has 0 amide bonds. The van der Waals surface area contributed by atoms with Crippen LogP contribution >= 0.6 is 22.7 Å². The van der Waals surface area contributed by atoms with E-state index in [-0.39, 0.29) is 0 Å². The Kier molecular flexibility index (Phi) is 3.04. The van der Waals surface area contributed by atoms with E-state index in [1.165, 1.54) is 9.75 Å². The largest absolute Gasteiger partial charge is 0.375 e. The molecule has 15 heavy (non-hydrogen) atoms. The Morgan fingerprint density at radius 3 is 2.87 bits per heavy atom. The van der Waals surface area contributed by atoms with Crippen LogP contribution in [0, 0.1) is 0 Å². The lowest BCUT2D eigenvalue weighted by Crippen LogP contribution is -2.10. The van der Waals surface area contributed by atoms with Gasteiger partial charge in [0, 0.05) is 11.4 Å². The lowest BCUT2D eigenvalue weighted by molar-refractivity contribution is 0.406. The van der Waals surface area contributed by atoms with Crippen molar-refractivity contribution in [3.8, 4) is 10.6 Å². The Labute approximate surface area is 97.2 Å². The molecular formula is C10H13N3S2. The molecule has 0 saturated heterocycles. The lowest BCUT2D eigenvalue weighted by Gasteiger charge is -2.07. The summed E-state index contributed by atoms with van der Waals surface area (Å²) in [5.74, 6) is 0. The van der Waals surface area contributed by atoms with Gasteiger partial charge in [-0.2, -0.15) is 0 Å². The fraction of sp³-hybridized carbons (Fsp3) is 0.300. The highest BCUT2D eigenvalue weighted by molar-refractivity contribution is 7.17. The summed E-state index contributed by atoms with van der Waals surface area (Å²) >= 11 is 3.27. The standard InChI is InChI=1S/C10H13N3S2/c1-13(2)6-8-9(12-10(11)15-8)7-4-3-5-14-7/h3-5H,6H2,1-2H3,(H2,11,12).